The van der Waals surface area contributed by atoms with Crippen molar-refractivity contribution < 1.29 is 9.13 Å². The molecule has 2 aromatic carbocycles. The lowest BCUT2D eigenvalue weighted by atomic mass is 10.0. The summed E-state index contributed by atoms with van der Waals surface area (Å²) in [5.41, 5.74) is 7.56. The van der Waals surface area contributed by atoms with Crippen molar-refractivity contribution >= 4 is 5.69 Å². The largest absolute Gasteiger partial charge is 0.497 e. The Morgan fingerprint density at radius 3 is 2.33 bits per heavy atom. The van der Waals surface area contributed by atoms with Gasteiger partial charge in [-0.05, 0) is 36.8 Å². The average molecular weight is 288 g/mol. The van der Waals surface area contributed by atoms with Crippen molar-refractivity contribution in [3.63, 3.8) is 0 Å². The van der Waals surface area contributed by atoms with E-state index in [-0.39, 0.29) is 11.9 Å². The summed E-state index contributed by atoms with van der Waals surface area (Å²) < 4.78 is 19.2. The number of benzene rings is 2. The molecule has 0 radical (unpaired) electrons. The monoisotopic (exact) mass is 288 g/mol. The number of hydrogen-bond donors (Lipinski definition) is 1. The van der Waals surface area contributed by atoms with Crippen LogP contribution in [0.25, 0.3) is 0 Å². The van der Waals surface area contributed by atoms with Crippen LogP contribution in [-0.4, -0.2) is 20.2 Å². The highest BCUT2D eigenvalue weighted by Crippen LogP contribution is 2.29. The molecule has 2 N–H and O–H groups in total. The smallest absolute Gasteiger partial charge is 0.146 e. The van der Waals surface area contributed by atoms with Gasteiger partial charge in [-0.1, -0.05) is 24.3 Å². The molecule has 0 heterocycles. The van der Waals surface area contributed by atoms with E-state index in [0.717, 1.165) is 11.3 Å². The number of nitrogens with zero attached hydrogens (tertiary/aromatic N) is 1. The van der Waals surface area contributed by atoms with Crippen LogP contribution in [0.2, 0.25) is 0 Å². The maximum atomic E-state index is 14.1. The second-order valence-corrected chi connectivity index (χ2v) is 4.76. The second-order valence-electron chi connectivity index (χ2n) is 4.76. The number of nitrogens with two attached hydrogens (primary N) is 1. The highest BCUT2D eigenvalue weighted by atomic mass is 19.1. The van der Waals surface area contributed by atoms with Crippen LogP contribution in [0, 0.1) is 5.82 Å². The topological polar surface area (TPSA) is 38.5 Å². The molecule has 0 aliphatic heterocycles. The van der Waals surface area contributed by atoms with Crippen LogP contribution < -0.4 is 15.4 Å². The van der Waals surface area contributed by atoms with Gasteiger partial charge in [0, 0.05) is 13.1 Å². The van der Waals surface area contributed by atoms with Crippen molar-refractivity contribution in [3.05, 3.63) is 59.9 Å². The first-order valence-corrected chi connectivity index (χ1v) is 7.06. The highest BCUT2D eigenvalue weighted by Gasteiger charge is 2.20. The number of anilines is 1. The normalized spacial score (nSPS) is 12.0. The molecular formula is C17H21FN2O. The van der Waals surface area contributed by atoms with Gasteiger partial charge in [0.05, 0.1) is 18.8 Å². The minimum atomic E-state index is -0.230. The Morgan fingerprint density at radius 2 is 1.81 bits per heavy atom. The first kappa shape index (κ1) is 15.3. The van der Waals surface area contributed by atoms with Gasteiger partial charge in [-0.25, -0.2) is 4.39 Å². The SMILES string of the molecule is CCN(c1ccccc1F)C(CN)c1ccc(OC)cc1. The van der Waals surface area contributed by atoms with Gasteiger partial charge in [0.2, 0.25) is 0 Å². The molecule has 0 spiro atoms. The third-order valence-electron chi connectivity index (χ3n) is 3.60. The maximum absolute atomic E-state index is 14.1. The number of para-hydroxylation sites is 1. The minimum Gasteiger partial charge on any atom is -0.497 e. The molecule has 0 saturated heterocycles. The Labute approximate surface area is 125 Å². The summed E-state index contributed by atoms with van der Waals surface area (Å²) in [6.45, 7) is 3.09. The van der Waals surface area contributed by atoms with Crippen LogP contribution in [-0.2, 0) is 0 Å². The molecule has 0 fully saturated rings. The maximum Gasteiger partial charge on any atom is 0.146 e. The zero-order valence-electron chi connectivity index (χ0n) is 12.4. The third kappa shape index (κ3) is 3.34. The minimum absolute atomic E-state index is 0.0715. The molecule has 4 heteroatoms. The molecule has 1 unspecified atom stereocenters. The van der Waals surface area contributed by atoms with Crippen molar-refractivity contribution in [1.29, 1.82) is 0 Å². The number of ether oxygens (including phenoxy) is 1. The lowest BCUT2D eigenvalue weighted by molar-refractivity contribution is 0.414. The predicted octanol–water partition coefficient (Wildman–Crippen LogP) is 3.36. The number of rotatable bonds is 6. The van der Waals surface area contributed by atoms with Crippen LogP contribution in [0.15, 0.2) is 48.5 Å². The molecule has 112 valence electrons. The summed E-state index contributed by atoms with van der Waals surface area (Å²) in [7, 11) is 1.63. The van der Waals surface area contributed by atoms with E-state index in [1.54, 1.807) is 19.2 Å². The molecule has 0 aromatic heterocycles. The standard InChI is InChI=1S/C17H21FN2O/c1-3-20(16-7-5-4-6-15(16)18)17(12-19)13-8-10-14(21-2)11-9-13/h4-11,17H,3,12,19H2,1-2H3. The third-order valence-corrected chi connectivity index (χ3v) is 3.60. The van der Waals surface area contributed by atoms with E-state index in [4.69, 9.17) is 10.5 Å². The number of halogens is 1. The zero-order chi connectivity index (χ0) is 15.2. The van der Waals surface area contributed by atoms with Crippen LogP contribution >= 0.6 is 0 Å². The van der Waals surface area contributed by atoms with Crippen molar-refractivity contribution in [2.45, 2.75) is 13.0 Å². The van der Waals surface area contributed by atoms with Crippen molar-refractivity contribution in [2.24, 2.45) is 5.73 Å². The first-order chi connectivity index (χ1) is 10.2. The Balaban J connectivity index is 2.35. The second kappa shape index (κ2) is 7.09. The Morgan fingerprint density at radius 1 is 1.14 bits per heavy atom. The van der Waals surface area contributed by atoms with Gasteiger partial charge in [-0.15, -0.1) is 0 Å². The van der Waals surface area contributed by atoms with E-state index in [1.165, 1.54) is 6.07 Å². The number of hydrogen-bond acceptors (Lipinski definition) is 3. The Bertz CT molecular complexity index is 571. The molecule has 0 aliphatic carbocycles. The van der Waals surface area contributed by atoms with Gasteiger partial charge >= 0.3 is 0 Å². The van der Waals surface area contributed by atoms with Crippen molar-refractivity contribution in [3.8, 4) is 5.75 Å². The lowest BCUT2D eigenvalue weighted by Gasteiger charge is -2.32. The van der Waals surface area contributed by atoms with E-state index in [2.05, 4.69) is 0 Å². The molecule has 1 atom stereocenters. The van der Waals surface area contributed by atoms with E-state index in [9.17, 15) is 4.39 Å². The van der Waals surface area contributed by atoms with Gasteiger partial charge < -0.3 is 15.4 Å². The van der Waals surface area contributed by atoms with E-state index in [0.29, 0.717) is 18.8 Å². The molecule has 2 aromatic rings. The molecule has 2 rings (SSSR count). The van der Waals surface area contributed by atoms with E-state index < -0.39 is 0 Å². The number of likely N-dealkylation sites (N-methyl/N-ethyl adjacent to an activating group) is 1. The summed E-state index contributed by atoms with van der Waals surface area (Å²) in [6, 6.07) is 14.4. The summed E-state index contributed by atoms with van der Waals surface area (Å²) in [6.07, 6.45) is 0. The van der Waals surface area contributed by atoms with Gasteiger partial charge in [-0.2, -0.15) is 0 Å². The lowest BCUT2D eigenvalue weighted by Crippen LogP contribution is -2.34. The zero-order valence-corrected chi connectivity index (χ0v) is 12.4. The molecule has 0 aliphatic rings. The van der Waals surface area contributed by atoms with Gasteiger partial charge in [-0.3, -0.25) is 0 Å². The first-order valence-electron chi connectivity index (χ1n) is 7.06. The van der Waals surface area contributed by atoms with Gasteiger partial charge in [0.25, 0.3) is 0 Å². The van der Waals surface area contributed by atoms with E-state index in [1.807, 2.05) is 42.2 Å². The van der Waals surface area contributed by atoms with Crippen LogP contribution in [0.3, 0.4) is 0 Å². The summed E-state index contributed by atoms with van der Waals surface area (Å²) in [4.78, 5) is 1.98. The fraction of sp³-hybridized carbons (Fsp3) is 0.294. The van der Waals surface area contributed by atoms with Gasteiger partial charge in [0.1, 0.15) is 11.6 Å². The summed E-state index contributed by atoms with van der Waals surface area (Å²) in [5, 5.41) is 0. The average Bonchev–Trinajstić information content (AvgIpc) is 2.54. The van der Waals surface area contributed by atoms with Crippen molar-refractivity contribution in [1.82, 2.24) is 0 Å². The quantitative estimate of drug-likeness (QED) is 0.886. The summed E-state index contributed by atoms with van der Waals surface area (Å²) in [5.74, 6) is 0.565. The molecule has 3 nitrogen and oxygen atoms in total. The van der Waals surface area contributed by atoms with Crippen molar-refractivity contribution in [2.75, 3.05) is 25.1 Å². The fourth-order valence-electron chi connectivity index (χ4n) is 2.51. The predicted molar refractivity (Wildman–Crippen MR) is 84.2 cm³/mol. The fourth-order valence-corrected chi connectivity index (χ4v) is 2.51. The molecular weight excluding hydrogens is 267 g/mol. The van der Waals surface area contributed by atoms with Crippen LogP contribution in [0.5, 0.6) is 5.75 Å². The molecule has 0 saturated carbocycles. The van der Waals surface area contributed by atoms with Crippen LogP contribution in [0.4, 0.5) is 10.1 Å². The van der Waals surface area contributed by atoms with Crippen LogP contribution in [0.1, 0.15) is 18.5 Å². The number of methoxy groups -OCH3 is 1. The molecule has 0 amide bonds. The van der Waals surface area contributed by atoms with Gasteiger partial charge in [0.15, 0.2) is 0 Å². The Kier molecular flexibility index (Phi) is 5.17. The Hall–Kier alpha value is -2.07. The molecule has 0 bridgehead atoms. The van der Waals surface area contributed by atoms with E-state index >= 15 is 0 Å². The summed E-state index contributed by atoms with van der Waals surface area (Å²) >= 11 is 0. The molecule has 21 heavy (non-hydrogen) atoms. The highest BCUT2D eigenvalue weighted by molar-refractivity contribution is 5.50.